The Labute approximate surface area is 165 Å². The Kier molecular flexibility index (Phi) is 4.63. The van der Waals surface area contributed by atoms with Crippen LogP contribution in [-0.4, -0.2) is 15.7 Å². The number of benzene rings is 2. The Hall–Kier alpha value is -2.05. The summed E-state index contributed by atoms with van der Waals surface area (Å²) in [6, 6.07) is 13.6. The second-order valence-corrected chi connectivity index (χ2v) is 8.26. The van der Waals surface area contributed by atoms with E-state index in [2.05, 4.69) is 41.2 Å². The molecule has 0 saturated carbocycles. The fourth-order valence-corrected chi connectivity index (χ4v) is 4.52. The normalized spacial score (nSPS) is 12.9. The number of aryl methyl sites for hydroxylation is 1. The smallest absolute Gasteiger partial charge is 0.256 e. The van der Waals surface area contributed by atoms with Crippen molar-refractivity contribution < 1.29 is 4.79 Å². The molecule has 3 aromatic rings. The van der Waals surface area contributed by atoms with Gasteiger partial charge in [0.15, 0.2) is 0 Å². The van der Waals surface area contributed by atoms with Gasteiger partial charge in [0.25, 0.3) is 5.91 Å². The van der Waals surface area contributed by atoms with Crippen molar-refractivity contribution in [1.29, 1.82) is 0 Å². The highest BCUT2D eigenvalue weighted by atomic mass is 79.9. The minimum absolute atomic E-state index is 0.127. The molecule has 4 rings (SSSR count). The monoisotopic (exact) mass is 427 g/mol. The number of rotatable bonds is 3. The molecule has 2 heterocycles. The van der Waals surface area contributed by atoms with Crippen molar-refractivity contribution in [1.82, 2.24) is 9.78 Å². The van der Waals surface area contributed by atoms with Gasteiger partial charge in [0.05, 0.1) is 11.4 Å². The second-order valence-electron chi connectivity index (χ2n) is 6.36. The Morgan fingerprint density at radius 3 is 2.81 bits per heavy atom. The summed E-state index contributed by atoms with van der Waals surface area (Å²) in [6.45, 7) is 4.18. The van der Waals surface area contributed by atoms with Crippen molar-refractivity contribution in [2.75, 3.05) is 5.32 Å². The maximum atomic E-state index is 12.8. The van der Waals surface area contributed by atoms with E-state index in [9.17, 15) is 4.79 Å². The van der Waals surface area contributed by atoms with E-state index in [0.717, 1.165) is 38.7 Å². The van der Waals surface area contributed by atoms with Crippen LogP contribution in [0.4, 0.5) is 5.82 Å². The number of thioether (sulfide) groups is 1. The highest BCUT2D eigenvalue weighted by molar-refractivity contribution is 9.10. The second kappa shape index (κ2) is 6.93. The third-order valence-electron chi connectivity index (χ3n) is 4.67. The van der Waals surface area contributed by atoms with E-state index in [1.807, 2.05) is 52.8 Å². The van der Waals surface area contributed by atoms with E-state index in [-0.39, 0.29) is 5.91 Å². The van der Waals surface area contributed by atoms with Gasteiger partial charge in [0.2, 0.25) is 0 Å². The zero-order valence-electron chi connectivity index (χ0n) is 14.5. The van der Waals surface area contributed by atoms with Gasteiger partial charge in [-0.2, -0.15) is 16.9 Å². The summed E-state index contributed by atoms with van der Waals surface area (Å²) in [4.78, 5) is 12.8. The molecule has 1 aliphatic rings. The zero-order chi connectivity index (χ0) is 18.3. The molecular weight excluding hydrogens is 410 g/mol. The van der Waals surface area contributed by atoms with Crippen LogP contribution in [-0.2, 0) is 11.5 Å². The number of carbonyl (C=O) groups is 1. The molecule has 0 spiro atoms. The number of amides is 1. The summed E-state index contributed by atoms with van der Waals surface area (Å²) >= 11 is 5.25. The lowest BCUT2D eigenvalue weighted by molar-refractivity contribution is 0.102. The maximum Gasteiger partial charge on any atom is 0.256 e. The molecule has 0 atom stereocenters. The first-order valence-corrected chi connectivity index (χ1v) is 10.3. The molecule has 1 aromatic heterocycles. The van der Waals surface area contributed by atoms with Gasteiger partial charge in [0.1, 0.15) is 5.82 Å². The summed E-state index contributed by atoms with van der Waals surface area (Å²) < 4.78 is 2.77. The largest absolute Gasteiger partial charge is 0.306 e. The standard InChI is InChI=1S/C20H18BrN3OS/c1-12-5-3-8-18(13(12)2)24-19(16-10-26-11-17(16)23-24)22-20(25)14-6-4-7-15(21)9-14/h3-9H,10-11H2,1-2H3,(H,22,25). The third-order valence-corrected chi connectivity index (χ3v) is 6.14. The number of hydrogen-bond acceptors (Lipinski definition) is 3. The average Bonchev–Trinajstić information content (AvgIpc) is 3.20. The number of nitrogens with zero attached hydrogens (tertiary/aromatic N) is 2. The quantitative estimate of drug-likeness (QED) is 0.620. The predicted octanol–water partition coefficient (Wildman–Crippen LogP) is 5.25. The van der Waals surface area contributed by atoms with Crippen molar-refractivity contribution in [3.8, 4) is 5.69 Å². The number of fused-ring (bicyclic) bond motifs is 1. The number of anilines is 1. The van der Waals surface area contributed by atoms with Crippen LogP contribution in [0.2, 0.25) is 0 Å². The molecule has 26 heavy (non-hydrogen) atoms. The van der Waals surface area contributed by atoms with Crippen molar-refractivity contribution in [3.63, 3.8) is 0 Å². The molecule has 0 fully saturated rings. The van der Waals surface area contributed by atoms with E-state index in [1.165, 1.54) is 11.1 Å². The molecule has 1 N–H and O–H groups in total. The molecule has 0 aliphatic carbocycles. The topological polar surface area (TPSA) is 46.9 Å². The summed E-state index contributed by atoms with van der Waals surface area (Å²) in [5.41, 5.74) is 6.18. The summed E-state index contributed by atoms with van der Waals surface area (Å²) in [5.74, 6) is 2.41. The molecule has 2 aromatic carbocycles. The molecule has 4 nitrogen and oxygen atoms in total. The van der Waals surface area contributed by atoms with Crippen molar-refractivity contribution >= 4 is 39.4 Å². The zero-order valence-corrected chi connectivity index (χ0v) is 16.9. The van der Waals surface area contributed by atoms with Crippen LogP contribution in [0, 0.1) is 13.8 Å². The molecule has 0 radical (unpaired) electrons. The van der Waals surface area contributed by atoms with Gasteiger partial charge in [-0.25, -0.2) is 4.68 Å². The maximum absolute atomic E-state index is 12.8. The Morgan fingerprint density at radius 2 is 2.00 bits per heavy atom. The molecule has 1 amide bonds. The number of carbonyl (C=O) groups excluding carboxylic acids is 1. The lowest BCUT2D eigenvalue weighted by atomic mass is 10.1. The molecule has 6 heteroatoms. The summed E-state index contributed by atoms with van der Waals surface area (Å²) in [5, 5.41) is 7.91. The van der Waals surface area contributed by atoms with E-state index in [0.29, 0.717) is 5.56 Å². The van der Waals surface area contributed by atoms with E-state index < -0.39 is 0 Å². The minimum Gasteiger partial charge on any atom is -0.306 e. The van der Waals surface area contributed by atoms with Crippen molar-refractivity contribution in [3.05, 3.63) is 74.9 Å². The molecule has 0 bridgehead atoms. The van der Waals surface area contributed by atoms with E-state index >= 15 is 0 Å². The lowest BCUT2D eigenvalue weighted by Crippen LogP contribution is -2.16. The van der Waals surface area contributed by atoms with Crippen LogP contribution in [0.1, 0.15) is 32.7 Å². The molecule has 0 unspecified atom stereocenters. The average molecular weight is 428 g/mol. The van der Waals surface area contributed by atoms with Crippen molar-refractivity contribution in [2.24, 2.45) is 0 Å². The minimum atomic E-state index is -0.127. The van der Waals surface area contributed by atoms with Gasteiger partial charge in [-0.15, -0.1) is 0 Å². The highest BCUT2D eigenvalue weighted by Crippen LogP contribution is 2.37. The number of halogens is 1. The highest BCUT2D eigenvalue weighted by Gasteiger charge is 2.25. The third kappa shape index (κ3) is 3.08. The SMILES string of the molecule is Cc1cccc(-n2nc3c(c2NC(=O)c2cccc(Br)c2)CSC3)c1C. The lowest BCUT2D eigenvalue weighted by Gasteiger charge is -2.14. The number of hydrogen-bond donors (Lipinski definition) is 1. The predicted molar refractivity (Wildman–Crippen MR) is 110 cm³/mol. The van der Waals surface area contributed by atoms with Crippen LogP contribution in [0.3, 0.4) is 0 Å². The van der Waals surface area contributed by atoms with Gasteiger partial charge in [0, 0.05) is 27.1 Å². The van der Waals surface area contributed by atoms with Gasteiger partial charge in [-0.3, -0.25) is 4.79 Å². The Bertz CT molecular complexity index is 1010. The van der Waals surface area contributed by atoms with Gasteiger partial charge < -0.3 is 5.32 Å². The fraction of sp³-hybridized carbons (Fsp3) is 0.200. The molecule has 132 valence electrons. The first-order chi connectivity index (χ1) is 12.5. The number of nitrogens with one attached hydrogen (secondary N) is 1. The van der Waals surface area contributed by atoms with E-state index in [1.54, 1.807) is 0 Å². The van der Waals surface area contributed by atoms with Crippen molar-refractivity contribution in [2.45, 2.75) is 25.4 Å². The van der Waals surface area contributed by atoms with Gasteiger partial charge in [-0.05, 0) is 49.2 Å². The van der Waals surface area contributed by atoms with Gasteiger partial charge in [-0.1, -0.05) is 34.1 Å². The van der Waals surface area contributed by atoms with Crippen LogP contribution in [0.25, 0.3) is 5.69 Å². The number of aromatic nitrogens is 2. The fourth-order valence-electron chi connectivity index (χ4n) is 3.09. The van der Waals surface area contributed by atoms with Gasteiger partial charge >= 0.3 is 0 Å². The summed E-state index contributed by atoms with van der Waals surface area (Å²) in [7, 11) is 0. The first-order valence-electron chi connectivity index (χ1n) is 8.36. The Morgan fingerprint density at radius 1 is 1.19 bits per heavy atom. The molecule has 0 saturated heterocycles. The van der Waals surface area contributed by atoms with Crippen LogP contribution < -0.4 is 5.32 Å². The van der Waals surface area contributed by atoms with Crippen LogP contribution >= 0.6 is 27.7 Å². The Balaban J connectivity index is 1.78. The van der Waals surface area contributed by atoms with Crippen LogP contribution in [0.5, 0.6) is 0 Å². The van der Waals surface area contributed by atoms with Crippen LogP contribution in [0.15, 0.2) is 46.9 Å². The summed E-state index contributed by atoms with van der Waals surface area (Å²) in [6.07, 6.45) is 0. The van der Waals surface area contributed by atoms with E-state index in [4.69, 9.17) is 5.10 Å². The first kappa shape index (κ1) is 17.4. The molecule has 1 aliphatic heterocycles. The molecular formula is C20H18BrN3OS.